The molecule has 0 aliphatic heterocycles. The normalized spacial score (nSPS) is 10.9. The Bertz CT molecular complexity index is 266. The molecule has 0 bridgehead atoms. The van der Waals surface area contributed by atoms with E-state index in [9.17, 15) is 0 Å². The molecule has 0 fully saturated rings. The summed E-state index contributed by atoms with van der Waals surface area (Å²) < 4.78 is 6.70. The van der Waals surface area contributed by atoms with Gasteiger partial charge < -0.3 is 4.74 Å². The molecule has 0 amide bonds. The average Bonchev–Trinajstić information content (AvgIpc) is 2.20. The molecule has 0 aliphatic rings. The van der Waals surface area contributed by atoms with Crippen molar-refractivity contribution in [1.82, 2.24) is 0 Å². The molecule has 0 saturated carbocycles. The molecule has 1 rings (SSSR count). The van der Waals surface area contributed by atoms with Crippen LogP contribution in [0.25, 0.3) is 0 Å². The summed E-state index contributed by atoms with van der Waals surface area (Å²) in [6.07, 6.45) is 2.16. The highest BCUT2D eigenvalue weighted by atomic mass is 79.9. The predicted molar refractivity (Wildman–Crippen MR) is 68.1 cm³/mol. The van der Waals surface area contributed by atoms with E-state index in [1.54, 1.807) is 0 Å². The molecule has 0 aromatic heterocycles. The van der Waals surface area contributed by atoms with E-state index in [1.165, 1.54) is 5.56 Å². The molecule has 2 heteroatoms. The Morgan fingerprint density at radius 3 is 2.40 bits per heavy atom. The first-order valence-corrected chi connectivity index (χ1v) is 6.30. The van der Waals surface area contributed by atoms with Gasteiger partial charge in [-0.3, -0.25) is 0 Å². The maximum atomic E-state index is 5.57. The number of benzene rings is 1. The van der Waals surface area contributed by atoms with Crippen LogP contribution in [0.2, 0.25) is 0 Å². The first kappa shape index (κ1) is 12.7. The molecule has 0 radical (unpaired) electrons. The maximum absolute atomic E-state index is 5.57. The molecule has 0 aliphatic carbocycles. The fraction of sp³-hybridized carbons (Fsp3) is 0.538. The fourth-order valence-electron chi connectivity index (χ4n) is 1.26. The van der Waals surface area contributed by atoms with Crippen molar-refractivity contribution in [3.8, 4) is 0 Å². The van der Waals surface area contributed by atoms with E-state index in [0.717, 1.165) is 36.4 Å². The zero-order chi connectivity index (χ0) is 11.1. The summed E-state index contributed by atoms with van der Waals surface area (Å²) in [4.78, 5) is 0. The van der Waals surface area contributed by atoms with Crippen LogP contribution in [0.5, 0.6) is 0 Å². The number of hydrogen-bond acceptors (Lipinski definition) is 1. The number of rotatable bonds is 6. The Balaban J connectivity index is 2.12. The highest BCUT2D eigenvalue weighted by molar-refractivity contribution is 9.10. The van der Waals surface area contributed by atoms with E-state index < -0.39 is 0 Å². The first-order valence-electron chi connectivity index (χ1n) is 5.50. The van der Waals surface area contributed by atoms with Gasteiger partial charge in [-0.2, -0.15) is 0 Å². The monoisotopic (exact) mass is 270 g/mol. The maximum Gasteiger partial charge on any atom is 0.0506 e. The molecule has 15 heavy (non-hydrogen) atoms. The summed E-state index contributed by atoms with van der Waals surface area (Å²) in [5, 5.41) is 0. The molecular formula is C13H19BrO. The molecule has 0 atom stereocenters. The third-order valence-electron chi connectivity index (χ3n) is 2.29. The van der Waals surface area contributed by atoms with E-state index in [0.29, 0.717) is 0 Å². The van der Waals surface area contributed by atoms with Gasteiger partial charge in [-0.05, 0) is 36.5 Å². The lowest BCUT2D eigenvalue weighted by Gasteiger charge is -2.06. The standard InChI is InChI=1S/C13H19BrO/c1-11(2)7-9-15-10-8-12-3-5-13(14)6-4-12/h3-6,11H,7-10H2,1-2H3. The molecule has 0 unspecified atom stereocenters. The lowest BCUT2D eigenvalue weighted by atomic mass is 10.1. The van der Waals surface area contributed by atoms with Gasteiger partial charge in [-0.15, -0.1) is 0 Å². The van der Waals surface area contributed by atoms with Crippen LogP contribution >= 0.6 is 15.9 Å². The van der Waals surface area contributed by atoms with Gasteiger partial charge in [0.2, 0.25) is 0 Å². The predicted octanol–water partition coefficient (Wildman–Crippen LogP) is 4.05. The highest BCUT2D eigenvalue weighted by Crippen LogP contribution is 2.11. The summed E-state index contributed by atoms with van der Waals surface area (Å²) in [6, 6.07) is 8.42. The minimum Gasteiger partial charge on any atom is -0.381 e. The molecule has 84 valence electrons. The van der Waals surface area contributed by atoms with E-state index in [1.807, 2.05) is 0 Å². The summed E-state index contributed by atoms with van der Waals surface area (Å²) in [6.45, 7) is 6.15. The van der Waals surface area contributed by atoms with Gasteiger partial charge in [0.25, 0.3) is 0 Å². The molecule has 0 saturated heterocycles. The largest absolute Gasteiger partial charge is 0.381 e. The molecule has 0 spiro atoms. The second kappa shape index (κ2) is 7.02. The van der Waals surface area contributed by atoms with E-state index in [2.05, 4.69) is 54.0 Å². The smallest absolute Gasteiger partial charge is 0.0506 e. The van der Waals surface area contributed by atoms with E-state index >= 15 is 0 Å². The van der Waals surface area contributed by atoms with Crippen molar-refractivity contribution in [2.24, 2.45) is 5.92 Å². The van der Waals surface area contributed by atoms with Crippen LogP contribution in [0.1, 0.15) is 25.8 Å². The Labute approximate surface area is 101 Å². The van der Waals surface area contributed by atoms with Crippen LogP contribution in [-0.2, 0) is 11.2 Å². The van der Waals surface area contributed by atoms with Gasteiger partial charge in [0, 0.05) is 11.1 Å². The fourth-order valence-corrected chi connectivity index (χ4v) is 1.53. The molecule has 1 aromatic carbocycles. The molecule has 0 heterocycles. The summed E-state index contributed by atoms with van der Waals surface area (Å²) in [5.74, 6) is 0.734. The Kier molecular flexibility index (Phi) is 5.96. The lowest BCUT2D eigenvalue weighted by molar-refractivity contribution is 0.126. The first-order chi connectivity index (χ1) is 7.18. The quantitative estimate of drug-likeness (QED) is 0.709. The third kappa shape index (κ3) is 5.95. The van der Waals surface area contributed by atoms with Gasteiger partial charge >= 0.3 is 0 Å². The Morgan fingerprint density at radius 2 is 1.80 bits per heavy atom. The van der Waals surface area contributed by atoms with Crippen molar-refractivity contribution in [2.45, 2.75) is 26.7 Å². The summed E-state index contributed by atoms with van der Waals surface area (Å²) in [5.41, 5.74) is 1.34. The molecule has 1 nitrogen and oxygen atoms in total. The molecular weight excluding hydrogens is 252 g/mol. The van der Waals surface area contributed by atoms with Crippen molar-refractivity contribution in [3.63, 3.8) is 0 Å². The zero-order valence-electron chi connectivity index (χ0n) is 9.50. The van der Waals surface area contributed by atoms with Crippen molar-refractivity contribution in [2.75, 3.05) is 13.2 Å². The van der Waals surface area contributed by atoms with Crippen LogP contribution in [0.15, 0.2) is 28.7 Å². The van der Waals surface area contributed by atoms with Gasteiger partial charge in [0.1, 0.15) is 0 Å². The number of hydrogen-bond donors (Lipinski definition) is 0. The van der Waals surface area contributed by atoms with Gasteiger partial charge in [-0.25, -0.2) is 0 Å². The molecule has 0 N–H and O–H groups in total. The van der Waals surface area contributed by atoms with Crippen molar-refractivity contribution < 1.29 is 4.74 Å². The minimum atomic E-state index is 0.734. The van der Waals surface area contributed by atoms with Crippen LogP contribution in [-0.4, -0.2) is 13.2 Å². The van der Waals surface area contributed by atoms with Gasteiger partial charge in [-0.1, -0.05) is 41.9 Å². The minimum absolute atomic E-state index is 0.734. The topological polar surface area (TPSA) is 9.23 Å². The molecule has 1 aromatic rings. The zero-order valence-corrected chi connectivity index (χ0v) is 11.1. The average molecular weight is 271 g/mol. The van der Waals surface area contributed by atoms with Crippen molar-refractivity contribution >= 4 is 15.9 Å². The van der Waals surface area contributed by atoms with Crippen LogP contribution in [0.3, 0.4) is 0 Å². The number of ether oxygens (including phenoxy) is 1. The second-order valence-electron chi connectivity index (χ2n) is 4.17. The van der Waals surface area contributed by atoms with Crippen LogP contribution < -0.4 is 0 Å². The van der Waals surface area contributed by atoms with E-state index in [-0.39, 0.29) is 0 Å². The van der Waals surface area contributed by atoms with Gasteiger partial charge in [0.05, 0.1) is 6.61 Å². The lowest BCUT2D eigenvalue weighted by Crippen LogP contribution is -2.02. The second-order valence-corrected chi connectivity index (χ2v) is 5.09. The van der Waals surface area contributed by atoms with Crippen molar-refractivity contribution in [1.29, 1.82) is 0 Å². The van der Waals surface area contributed by atoms with Crippen molar-refractivity contribution in [3.05, 3.63) is 34.3 Å². The Hall–Kier alpha value is -0.340. The van der Waals surface area contributed by atoms with Gasteiger partial charge in [0.15, 0.2) is 0 Å². The van der Waals surface area contributed by atoms with E-state index in [4.69, 9.17) is 4.74 Å². The van der Waals surface area contributed by atoms with Crippen LogP contribution in [0, 0.1) is 5.92 Å². The SMILES string of the molecule is CC(C)CCOCCc1ccc(Br)cc1. The number of halogens is 1. The summed E-state index contributed by atoms with van der Waals surface area (Å²) in [7, 11) is 0. The Morgan fingerprint density at radius 1 is 1.13 bits per heavy atom. The highest BCUT2D eigenvalue weighted by Gasteiger charge is 1.95. The summed E-state index contributed by atoms with van der Waals surface area (Å²) >= 11 is 3.42. The third-order valence-corrected chi connectivity index (χ3v) is 2.82. The van der Waals surface area contributed by atoms with Crippen LogP contribution in [0.4, 0.5) is 0 Å².